The van der Waals surface area contributed by atoms with Crippen LogP contribution in [-0.2, 0) is 4.79 Å². The Morgan fingerprint density at radius 1 is 1.36 bits per heavy atom. The predicted octanol–water partition coefficient (Wildman–Crippen LogP) is 3.20. The average Bonchev–Trinajstić information content (AvgIpc) is 2.97. The van der Waals surface area contributed by atoms with Gasteiger partial charge in [-0.2, -0.15) is 0 Å². The number of rotatable bonds is 7. The molecule has 2 amide bonds. The molecule has 0 saturated carbocycles. The van der Waals surface area contributed by atoms with Gasteiger partial charge in [0.2, 0.25) is 5.91 Å². The Morgan fingerprint density at radius 3 is 2.80 bits per heavy atom. The van der Waals surface area contributed by atoms with Crippen molar-refractivity contribution < 1.29 is 9.59 Å². The summed E-state index contributed by atoms with van der Waals surface area (Å²) in [5.74, 6) is -0.534. The van der Waals surface area contributed by atoms with Crippen LogP contribution < -0.4 is 10.6 Å². The van der Waals surface area contributed by atoms with Crippen molar-refractivity contribution in [2.75, 3.05) is 6.54 Å². The van der Waals surface area contributed by atoms with Crippen LogP contribution in [0.15, 0.2) is 30.0 Å². The van der Waals surface area contributed by atoms with Crippen molar-refractivity contribution in [3.63, 3.8) is 0 Å². The number of nitrogens with one attached hydrogen (secondary N) is 3. The first kappa shape index (κ1) is 19.0. The normalized spacial score (nSPS) is 12.9. The number of aromatic nitrogens is 2. The van der Waals surface area contributed by atoms with E-state index in [-0.39, 0.29) is 11.8 Å². The molecule has 2 rings (SSSR count). The van der Waals surface area contributed by atoms with E-state index in [1.807, 2.05) is 20.8 Å². The molecule has 25 heavy (non-hydrogen) atoms. The summed E-state index contributed by atoms with van der Waals surface area (Å²) in [5, 5.41) is 6.73. The lowest BCUT2D eigenvalue weighted by molar-refractivity contribution is -0.122. The number of allylic oxidation sites excluding steroid dienone is 1. The van der Waals surface area contributed by atoms with E-state index in [0.29, 0.717) is 29.3 Å². The van der Waals surface area contributed by atoms with Crippen molar-refractivity contribution >= 4 is 34.3 Å². The van der Waals surface area contributed by atoms with Gasteiger partial charge in [-0.05, 0) is 38.8 Å². The Bertz CT molecular complexity index is 797. The third kappa shape index (κ3) is 5.06. The Hall–Kier alpha value is -2.34. The first-order valence-corrected chi connectivity index (χ1v) is 8.70. The second-order valence-electron chi connectivity index (χ2n) is 5.86. The van der Waals surface area contributed by atoms with Crippen LogP contribution in [0, 0.1) is 0 Å². The maximum Gasteiger partial charge on any atom is 0.268 e. The molecule has 0 aliphatic carbocycles. The number of H-pyrrole nitrogens is 1. The monoisotopic (exact) mass is 362 g/mol. The first-order valence-electron chi connectivity index (χ1n) is 8.33. The zero-order chi connectivity index (χ0) is 18.4. The molecule has 0 aromatic carbocycles. The second kappa shape index (κ2) is 8.67. The van der Waals surface area contributed by atoms with E-state index in [1.165, 1.54) is 0 Å². The molecular weight excluding hydrogens is 340 g/mol. The van der Waals surface area contributed by atoms with Crippen LogP contribution in [-0.4, -0.2) is 34.4 Å². The quantitative estimate of drug-likeness (QED) is 0.522. The summed E-state index contributed by atoms with van der Waals surface area (Å²) >= 11 is 5.87. The Morgan fingerprint density at radius 2 is 2.12 bits per heavy atom. The van der Waals surface area contributed by atoms with Gasteiger partial charge < -0.3 is 15.6 Å². The fourth-order valence-electron chi connectivity index (χ4n) is 2.62. The number of fused-ring (bicyclic) bond motifs is 1. The number of carbonyl (C=O) groups excluding carboxylic acids is 2. The van der Waals surface area contributed by atoms with Crippen LogP contribution in [0.1, 0.15) is 44.1 Å². The lowest BCUT2D eigenvalue weighted by Gasteiger charge is -2.18. The smallest absolute Gasteiger partial charge is 0.268 e. The summed E-state index contributed by atoms with van der Waals surface area (Å²) in [7, 11) is 0. The van der Waals surface area contributed by atoms with E-state index in [1.54, 1.807) is 18.3 Å². The van der Waals surface area contributed by atoms with Crippen LogP contribution in [0.5, 0.6) is 0 Å². The number of hydrogen-bond acceptors (Lipinski definition) is 3. The van der Waals surface area contributed by atoms with E-state index in [9.17, 15) is 9.59 Å². The van der Waals surface area contributed by atoms with Gasteiger partial charge in [-0.3, -0.25) is 9.59 Å². The lowest BCUT2D eigenvalue weighted by atomic mass is 10.1. The summed E-state index contributed by atoms with van der Waals surface area (Å²) < 4.78 is 0. The maximum atomic E-state index is 12.6. The number of carbonyl (C=O) groups is 2. The largest absolute Gasteiger partial charge is 0.355 e. The van der Waals surface area contributed by atoms with Crippen LogP contribution in [0.4, 0.5) is 0 Å². The molecule has 0 bridgehead atoms. The molecule has 0 radical (unpaired) electrons. The SMILES string of the molecule is CC/C=C(\C)C[C@H](NC(=O)c1cc2cc(Cl)ncc2[nH]1)C(=O)NCC. The summed E-state index contributed by atoms with van der Waals surface area (Å²) in [6, 6.07) is 2.75. The van der Waals surface area contributed by atoms with Gasteiger partial charge in [0.05, 0.1) is 11.7 Å². The highest BCUT2D eigenvalue weighted by Gasteiger charge is 2.22. The number of nitrogens with zero attached hydrogens (tertiary/aromatic N) is 1. The third-order valence-electron chi connectivity index (χ3n) is 3.77. The minimum Gasteiger partial charge on any atom is -0.355 e. The van der Waals surface area contributed by atoms with Crippen LogP contribution >= 0.6 is 11.6 Å². The molecule has 2 aromatic rings. The second-order valence-corrected chi connectivity index (χ2v) is 6.25. The fraction of sp³-hybridized carbons (Fsp3) is 0.389. The molecule has 2 aromatic heterocycles. The van der Waals surface area contributed by atoms with E-state index in [0.717, 1.165) is 17.4 Å². The number of amides is 2. The maximum absolute atomic E-state index is 12.6. The number of likely N-dealkylation sites (N-methyl/N-ethyl adjacent to an activating group) is 1. The highest BCUT2D eigenvalue weighted by atomic mass is 35.5. The number of pyridine rings is 1. The molecule has 1 atom stereocenters. The fourth-order valence-corrected chi connectivity index (χ4v) is 2.79. The Labute approximate surface area is 152 Å². The van der Waals surface area contributed by atoms with Gasteiger partial charge in [0, 0.05) is 11.9 Å². The van der Waals surface area contributed by atoms with E-state index < -0.39 is 6.04 Å². The molecule has 0 aliphatic heterocycles. The van der Waals surface area contributed by atoms with Crippen molar-refractivity contribution in [2.45, 2.75) is 39.7 Å². The van der Waals surface area contributed by atoms with Gasteiger partial charge in [0.1, 0.15) is 16.9 Å². The van der Waals surface area contributed by atoms with Gasteiger partial charge in [-0.25, -0.2) is 4.98 Å². The molecular formula is C18H23ClN4O2. The molecule has 0 aliphatic rings. The van der Waals surface area contributed by atoms with Gasteiger partial charge in [0.25, 0.3) is 5.91 Å². The molecule has 3 N–H and O–H groups in total. The zero-order valence-electron chi connectivity index (χ0n) is 14.6. The average molecular weight is 363 g/mol. The third-order valence-corrected chi connectivity index (χ3v) is 3.97. The molecule has 134 valence electrons. The van der Waals surface area contributed by atoms with Gasteiger partial charge in [-0.1, -0.05) is 30.2 Å². The highest BCUT2D eigenvalue weighted by Crippen LogP contribution is 2.18. The Balaban J connectivity index is 2.18. The van der Waals surface area contributed by atoms with E-state index in [2.05, 4.69) is 26.7 Å². The van der Waals surface area contributed by atoms with Crippen LogP contribution in [0.2, 0.25) is 5.15 Å². The summed E-state index contributed by atoms with van der Waals surface area (Å²) in [6.45, 7) is 6.35. The van der Waals surface area contributed by atoms with Crippen LogP contribution in [0.3, 0.4) is 0 Å². The standard InChI is InChI=1S/C18H23ClN4O2/c1-4-6-11(3)7-13(17(24)20-5-2)23-18(25)14-8-12-9-16(19)21-10-15(12)22-14/h6,8-10,13,22H,4-5,7H2,1-3H3,(H,20,24)(H,23,25)/b11-6+/t13-/m0/s1. The van der Waals surface area contributed by atoms with Gasteiger partial charge in [-0.15, -0.1) is 0 Å². The zero-order valence-corrected chi connectivity index (χ0v) is 15.4. The van der Waals surface area contributed by atoms with Crippen molar-refractivity contribution in [1.82, 2.24) is 20.6 Å². The summed E-state index contributed by atoms with van der Waals surface area (Å²) in [4.78, 5) is 31.8. The molecule has 2 heterocycles. The molecule has 7 heteroatoms. The van der Waals surface area contributed by atoms with Crippen molar-refractivity contribution in [2.24, 2.45) is 0 Å². The highest BCUT2D eigenvalue weighted by molar-refractivity contribution is 6.30. The van der Waals surface area contributed by atoms with Gasteiger partial charge in [0.15, 0.2) is 0 Å². The molecule has 0 unspecified atom stereocenters. The molecule has 0 fully saturated rings. The minimum absolute atomic E-state index is 0.194. The number of aromatic amines is 1. The molecule has 6 nitrogen and oxygen atoms in total. The summed E-state index contributed by atoms with van der Waals surface area (Å²) in [6.07, 6.45) is 4.98. The van der Waals surface area contributed by atoms with Crippen molar-refractivity contribution in [1.29, 1.82) is 0 Å². The number of hydrogen-bond donors (Lipinski definition) is 3. The Kier molecular flexibility index (Phi) is 6.58. The summed E-state index contributed by atoms with van der Waals surface area (Å²) in [5.41, 5.74) is 2.14. The van der Waals surface area contributed by atoms with Crippen LogP contribution in [0.25, 0.3) is 10.9 Å². The van der Waals surface area contributed by atoms with E-state index >= 15 is 0 Å². The van der Waals surface area contributed by atoms with Crippen molar-refractivity contribution in [3.8, 4) is 0 Å². The number of halogens is 1. The minimum atomic E-state index is -0.622. The van der Waals surface area contributed by atoms with Gasteiger partial charge >= 0.3 is 0 Å². The predicted molar refractivity (Wildman–Crippen MR) is 99.7 cm³/mol. The molecule has 0 saturated heterocycles. The lowest BCUT2D eigenvalue weighted by Crippen LogP contribution is -2.46. The topological polar surface area (TPSA) is 86.9 Å². The van der Waals surface area contributed by atoms with Crippen molar-refractivity contribution in [3.05, 3.63) is 40.8 Å². The molecule has 0 spiro atoms. The van der Waals surface area contributed by atoms with E-state index in [4.69, 9.17) is 11.6 Å². The first-order chi connectivity index (χ1) is 11.9.